The zero-order valence-electron chi connectivity index (χ0n) is 13.1. The van der Waals surface area contributed by atoms with Gasteiger partial charge in [-0.25, -0.2) is 0 Å². The fraction of sp³-hybridized carbons (Fsp3) is 0.176. The highest BCUT2D eigenvalue weighted by molar-refractivity contribution is 7.11. The molecule has 0 aliphatic heterocycles. The number of furan rings is 1. The third-order valence-electron chi connectivity index (χ3n) is 3.57. The largest absolute Gasteiger partial charge is 0.467 e. The molecule has 0 fully saturated rings. The van der Waals surface area contributed by atoms with Gasteiger partial charge in [-0.15, -0.1) is 22.7 Å². The number of amides is 2. The third kappa shape index (κ3) is 3.98. The van der Waals surface area contributed by atoms with Crippen molar-refractivity contribution >= 4 is 34.5 Å². The molecule has 0 spiro atoms. The lowest BCUT2D eigenvalue weighted by Gasteiger charge is -2.26. The molecule has 0 saturated carbocycles. The van der Waals surface area contributed by atoms with Crippen LogP contribution in [-0.2, 0) is 21.7 Å². The summed E-state index contributed by atoms with van der Waals surface area (Å²) >= 11 is 2.78. The Hall–Kier alpha value is -2.42. The molecule has 2 amide bonds. The number of carbonyl (C=O) groups excluding carboxylic acids is 2. The highest BCUT2D eigenvalue weighted by Crippen LogP contribution is 2.34. The van der Waals surface area contributed by atoms with Gasteiger partial charge in [0.05, 0.1) is 19.4 Å². The predicted molar refractivity (Wildman–Crippen MR) is 95.2 cm³/mol. The molecular formula is C17H16N2O4S2. The number of rotatable bonds is 6. The van der Waals surface area contributed by atoms with Gasteiger partial charge in [-0.3, -0.25) is 9.59 Å². The zero-order valence-corrected chi connectivity index (χ0v) is 14.7. The monoisotopic (exact) mass is 376 g/mol. The molecule has 25 heavy (non-hydrogen) atoms. The Morgan fingerprint density at radius 1 is 1.00 bits per heavy atom. The lowest BCUT2D eigenvalue weighted by Crippen LogP contribution is -2.46. The van der Waals surface area contributed by atoms with Crippen molar-refractivity contribution in [2.45, 2.75) is 12.1 Å². The van der Waals surface area contributed by atoms with Gasteiger partial charge in [0, 0.05) is 9.75 Å². The summed E-state index contributed by atoms with van der Waals surface area (Å²) in [5.41, 5.74) is -1.36. The summed E-state index contributed by atoms with van der Waals surface area (Å²) in [7, 11) is 0. The number of aliphatic hydroxyl groups is 1. The quantitative estimate of drug-likeness (QED) is 0.575. The van der Waals surface area contributed by atoms with Crippen LogP contribution in [-0.4, -0.2) is 23.5 Å². The Balaban J connectivity index is 1.63. The van der Waals surface area contributed by atoms with Gasteiger partial charge in [-0.05, 0) is 35.0 Å². The summed E-state index contributed by atoms with van der Waals surface area (Å²) in [5, 5.41) is 19.8. The Labute approximate surface area is 152 Å². The fourth-order valence-electron chi connectivity index (χ4n) is 2.27. The Kier molecular flexibility index (Phi) is 5.32. The second kappa shape index (κ2) is 7.64. The minimum atomic E-state index is -1.36. The average molecular weight is 376 g/mol. The molecular weight excluding hydrogens is 360 g/mol. The van der Waals surface area contributed by atoms with E-state index in [-0.39, 0.29) is 13.1 Å². The number of hydrogen-bond acceptors (Lipinski definition) is 6. The standard InChI is InChI=1S/C17H16N2O4S2/c20-15(18-10-12-4-1-7-23-12)16(21)19-11-17(22,13-5-2-8-24-13)14-6-3-9-25-14/h1-9,22H,10-11H2,(H,18,20)(H,19,21). The predicted octanol–water partition coefficient (Wildman–Crippen LogP) is 2.07. The lowest BCUT2D eigenvalue weighted by atomic mass is 10.00. The molecule has 0 saturated heterocycles. The first-order valence-corrected chi connectivity index (χ1v) is 9.24. The Morgan fingerprint density at radius 3 is 2.16 bits per heavy atom. The highest BCUT2D eigenvalue weighted by atomic mass is 32.1. The fourth-order valence-corrected chi connectivity index (χ4v) is 4.01. The van der Waals surface area contributed by atoms with Crippen molar-refractivity contribution in [3.8, 4) is 0 Å². The van der Waals surface area contributed by atoms with E-state index in [2.05, 4.69) is 10.6 Å². The van der Waals surface area contributed by atoms with Crippen molar-refractivity contribution < 1.29 is 19.1 Å². The normalized spacial score (nSPS) is 11.2. The first kappa shape index (κ1) is 17.4. The van der Waals surface area contributed by atoms with Crippen LogP contribution in [0.4, 0.5) is 0 Å². The molecule has 6 nitrogen and oxygen atoms in total. The van der Waals surface area contributed by atoms with Crippen molar-refractivity contribution in [1.82, 2.24) is 10.6 Å². The summed E-state index contributed by atoms with van der Waals surface area (Å²) < 4.78 is 5.09. The molecule has 0 unspecified atom stereocenters. The molecule has 3 aromatic heterocycles. The van der Waals surface area contributed by atoms with Crippen LogP contribution in [0.2, 0.25) is 0 Å². The maximum absolute atomic E-state index is 12.0. The minimum Gasteiger partial charge on any atom is -0.467 e. The molecule has 3 heterocycles. The molecule has 3 rings (SSSR count). The molecule has 0 aromatic carbocycles. The van der Waals surface area contributed by atoms with Crippen molar-refractivity contribution in [3.63, 3.8) is 0 Å². The molecule has 0 aliphatic rings. The first-order chi connectivity index (χ1) is 12.1. The molecule has 0 atom stereocenters. The van der Waals surface area contributed by atoms with Gasteiger partial charge in [-0.2, -0.15) is 0 Å². The SMILES string of the molecule is O=C(NCc1ccco1)C(=O)NCC(O)(c1cccs1)c1cccs1. The molecule has 0 radical (unpaired) electrons. The van der Waals surface area contributed by atoms with Crippen LogP contribution in [0.15, 0.2) is 57.8 Å². The summed E-state index contributed by atoms with van der Waals surface area (Å²) in [4.78, 5) is 25.3. The molecule has 3 N–H and O–H groups in total. The topological polar surface area (TPSA) is 91.6 Å². The van der Waals surface area contributed by atoms with Crippen LogP contribution in [0.1, 0.15) is 15.5 Å². The minimum absolute atomic E-state index is 0.0962. The van der Waals surface area contributed by atoms with E-state index in [4.69, 9.17) is 4.42 Å². The van der Waals surface area contributed by atoms with Gasteiger partial charge in [0.25, 0.3) is 0 Å². The van der Waals surface area contributed by atoms with E-state index in [1.165, 1.54) is 28.9 Å². The zero-order chi connectivity index (χ0) is 17.7. The van der Waals surface area contributed by atoms with E-state index in [1.807, 2.05) is 22.9 Å². The van der Waals surface area contributed by atoms with E-state index in [1.54, 1.807) is 24.3 Å². The van der Waals surface area contributed by atoms with Crippen LogP contribution in [0.3, 0.4) is 0 Å². The van der Waals surface area contributed by atoms with Crippen LogP contribution in [0.25, 0.3) is 0 Å². The van der Waals surface area contributed by atoms with Crippen LogP contribution in [0.5, 0.6) is 0 Å². The molecule has 3 aromatic rings. The second-order valence-electron chi connectivity index (χ2n) is 5.26. The van der Waals surface area contributed by atoms with E-state index in [9.17, 15) is 14.7 Å². The van der Waals surface area contributed by atoms with Gasteiger partial charge in [0.15, 0.2) is 0 Å². The Bertz CT molecular complexity index is 777. The van der Waals surface area contributed by atoms with E-state index >= 15 is 0 Å². The molecule has 0 bridgehead atoms. The van der Waals surface area contributed by atoms with Crippen molar-refractivity contribution in [1.29, 1.82) is 0 Å². The third-order valence-corrected chi connectivity index (χ3v) is 5.61. The van der Waals surface area contributed by atoms with E-state index in [0.29, 0.717) is 15.5 Å². The van der Waals surface area contributed by atoms with Crippen LogP contribution in [0, 0.1) is 0 Å². The smallest absolute Gasteiger partial charge is 0.309 e. The van der Waals surface area contributed by atoms with Gasteiger partial charge >= 0.3 is 11.8 Å². The second-order valence-corrected chi connectivity index (χ2v) is 7.15. The van der Waals surface area contributed by atoms with Crippen LogP contribution < -0.4 is 10.6 Å². The van der Waals surface area contributed by atoms with E-state index < -0.39 is 17.4 Å². The molecule has 130 valence electrons. The number of carbonyl (C=O) groups is 2. The van der Waals surface area contributed by atoms with Crippen molar-refractivity contribution in [2.24, 2.45) is 0 Å². The summed E-state index contributed by atoms with van der Waals surface area (Å²) in [6.07, 6.45) is 1.49. The van der Waals surface area contributed by atoms with Gasteiger partial charge in [0.1, 0.15) is 11.4 Å². The van der Waals surface area contributed by atoms with Crippen LogP contribution >= 0.6 is 22.7 Å². The number of nitrogens with one attached hydrogen (secondary N) is 2. The van der Waals surface area contributed by atoms with Crippen molar-refractivity contribution in [3.05, 3.63) is 68.9 Å². The van der Waals surface area contributed by atoms with E-state index in [0.717, 1.165) is 0 Å². The summed E-state index contributed by atoms with van der Waals surface area (Å²) in [5.74, 6) is -1.04. The lowest BCUT2D eigenvalue weighted by molar-refractivity contribution is -0.139. The number of hydrogen-bond donors (Lipinski definition) is 3. The molecule has 0 aliphatic carbocycles. The highest BCUT2D eigenvalue weighted by Gasteiger charge is 2.34. The summed E-state index contributed by atoms with van der Waals surface area (Å²) in [6.45, 7) is 0.0282. The molecule has 8 heteroatoms. The maximum Gasteiger partial charge on any atom is 0.309 e. The van der Waals surface area contributed by atoms with Crippen molar-refractivity contribution in [2.75, 3.05) is 6.54 Å². The summed E-state index contributed by atoms with van der Waals surface area (Å²) in [6, 6.07) is 10.7. The van der Waals surface area contributed by atoms with Gasteiger partial charge < -0.3 is 20.2 Å². The van der Waals surface area contributed by atoms with Gasteiger partial charge in [-0.1, -0.05) is 12.1 Å². The first-order valence-electron chi connectivity index (χ1n) is 7.48. The Morgan fingerprint density at radius 2 is 1.64 bits per heavy atom. The maximum atomic E-state index is 12.0. The average Bonchev–Trinajstić information content (AvgIpc) is 3.38. The number of thiophene rings is 2. The van der Waals surface area contributed by atoms with Gasteiger partial charge in [0.2, 0.25) is 0 Å².